The fourth-order valence-electron chi connectivity index (χ4n) is 3.84. The lowest BCUT2D eigenvalue weighted by molar-refractivity contribution is -0.121. The molecule has 5 nitrogen and oxygen atoms in total. The number of nitrogens with one attached hydrogen (secondary N) is 2. The van der Waals surface area contributed by atoms with Gasteiger partial charge in [0.05, 0.1) is 5.41 Å². The number of aromatic nitrogens is 3. The van der Waals surface area contributed by atoms with Gasteiger partial charge in [-0.2, -0.15) is 5.10 Å². The van der Waals surface area contributed by atoms with Crippen molar-refractivity contribution in [3.8, 4) is 11.4 Å². The van der Waals surface area contributed by atoms with Crippen LogP contribution in [0.3, 0.4) is 0 Å². The molecule has 3 aromatic rings. The van der Waals surface area contributed by atoms with E-state index in [1.807, 2.05) is 49.4 Å². The van der Waals surface area contributed by atoms with Crippen LogP contribution in [-0.2, 0) is 10.2 Å². The van der Waals surface area contributed by atoms with Crippen molar-refractivity contribution in [2.24, 2.45) is 0 Å². The molecule has 1 heterocycles. The van der Waals surface area contributed by atoms with Gasteiger partial charge in [-0.3, -0.25) is 9.89 Å². The minimum absolute atomic E-state index is 0.0736. The molecule has 26 heavy (non-hydrogen) atoms. The van der Waals surface area contributed by atoms with Crippen LogP contribution in [-0.4, -0.2) is 21.1 Å². The molecule has 1 fully saturated rings. The third kappa shape index (κ3) is 3.01. The standard InChI is InChI=1S/C21H22N4O/c1-15-22-19(25-24-15)16-8-7-11-18(14-16)23-20(26)21(12-5-6-13-21)17-9-3-2-4-10-17/h2-4,7-11,14H,5-6,12-13H2,1H3,(H,23,26)(H,22,24,25). The summed E-state index contributed by atoms with van der Waals surface area (Å²) in [6.07, 6.45) is 3.95. The van der Waals surface area contributed by atoms with E-state index in [1.165, 1.54) is 0 Å². The normalized spacial score (nSPS) is 15.7. The molecule has 132 valence electrons. The molecule has 4 rings (SSSR count). The van der Waals surface area contributed by atoms with E-state index in [4.69, 9.17) is 0 Å². The molecule has 0 atom stereocenters. The number of hydrogen-bond donors (Lipinski definition) is 2. The minimum Gasteiger partial charge on any atom is -0.325 e. The van der Waals surface area contributed by atoms with E-state index in [9.17, 15) is 4.79 Å². The Morgan fingerprint density at radius 3 is 2.54 bits per heavy atom. The highest BCUT2D eigenvalue weighted by molar-refractivity contribution is 5.99. The average molecular weight is 346 g/mol. The summed E-state index contributed by atoms with van der Waals surface area (Å²) in [6, 6.07) is 17.8. The summed E-state index contributed by atoms with van der Waals surface area (Å²) < 4.78 is 0. The average Bonchev–Trinajstić information content (AvgIpc) is 3.33. The van der Waals surface area contributed by atoms with Gasteiger partial charge in [0.25, 0.3) is 0 Å². The third-order valence-corrected chi connectivity index (χ3v) is 5.19. The Bertz CT molecular complexity index is 911. The van der Waals surface area contributed by atoms with Crippen LogP contribution >= 0.6 is 0 Å². The van der Waals surface area contributed by atoms with Gasteiger partial charge in [-0.25, -0.2) is 4.98 Å². The second kappa shape index (κ2) is 6.75. The Labute approximate surface area is 152 Å². The molecule has 5 heteroatoms. The topological polar surface area (TPSA) is 70.7 Å². The summed E-state index contributed by atoms with van der Waals surface area (Å²) in [6.45, 7) is 1.87. The Balaban J connectivity index is 1.61. The first-order chi connectivity index (χ1) is 12.7. The van der Waals surface area contributed by atoms with Crippen LogP contribution in [0.25, 0.3) is 11.4 Å². The SMILES string of the molecule is Cc1nc(-c2cccc(NC(=O)C3(c4ccccc4)CCCC3)c2)n[nH]1. The summed E-state index contributed by atoms with van der Waals surface area (Å²) in [5.74, 6) is 1.48. The van der Waals surface area contributed by atoms with Crippen LogP contribution in [0, 0.1) is 6.92 Å². The van der Waals surface area contributed by atoms with Crippen molar-refractivity contribution in [2.45, 2.75) is 38.0 Å². The minimum atomic E-state index is -0.432. The van der Waals surface area contributed by atoms with Gasteiger partial charge in [-0.15, -0.1) is 0 Å². The Morgan fingerprint density at radius 2 is 1.85 bits per heavy atom. The van der Waals surface area contributed by atoms with E-state index >= 15 is 0 Å². The number of rotatable bonds is 4. The third-order valence-electron chi connectivity index (χ3n) is 5.19. The van der Waals surface area contributed by atoms with Crippen molar-refractivity contribution >= 4 is 11.6 Å². The lowest BCUT2D eigenvalue weighted by atomic mass is 9.78. The summed E-state index contributed by atoms with van der Waals surface area (Å²) >= 11 is 0. The highest BCUT2D eigenvalue weighted by Crippen LogP contribution is 2.42. The number of aryl methyl sites for hydroxylation is 1. The molecule has 0 spiro atoms. The van der Waals surface area contributed by atoms with Crippen LogP contribution in [0.15, 0.2) is 54.6 Å². The number of carbonyl (C=O) groups is 1. The maximum atomic E-state index is 13.2. The number of nitrogens with zero attached hydrogens (tertiary/aromatic N) is 2. The van der Waals surface area contributed by atoms with Gasteiger partial charge in [0.1, 0.15) is 5.82 Å². The zero-order chi connectivity index (χ0) is 18.0. The number of aromatic amines is 1. The van der Waals surface area contributed by atoms with Crippen molar-refractivity contribution in [1.82, 2.24) is 15.2 Å². The second-order valence-corrected chi connectivity index (χ2v) is 6.93. The zero-order valence-corrected chi connectivity index (χ0v) is 14.8. The molecule has 0 unspecified atom stereocenters. The first-order valence-electron chi connectivity index (χ1n) is 9.04. The molecule has 2 aromatic carbocycles. The van der Waals surface area contributed by atoms with Gasteiger partial charge in [-0.05, 0) is 37.5 Å². The molecule has 1 saturated carbocycles. The molecule has 0 aliphatic heterocycles. The molecule has 0 saturated heterocycles. The zero-order valence-electron chi connectivity index (χ0n) is 14.8. The van der Waals surface area contributed by atoms with E-state index in [0.29, 0.717) is 5.82 Å². The lowest BCUT2D eigenvalue weighted by Crippen LogP contribution is -2.37. The van der Waals surface area contributed by atoms with Crippen molar-refractivity contribution < 1.29 is 4.79 Å². The molecule has 0 radical (unpaired) electrons. The van der Waals surface area contributed by atoms with E-state index in [0.717, 1.165) is 48.3 Å². The summed E-state index contributed by atoms with van der Waals surface area (Å²) in [4.78, 5) is 17.6. The molecule has 2 N–H and O–H groups in total. The molecule has 0 bridgehead atoms. The Kier molecular flexibility index (Phi) is 4.29. The highest BCUT2D eigenvalue weighted by atomic mass is 16.2. The van der Waals surface area contributed by atoms with E-state index < -0.39 is 5.41 Å². The van der Waals surface area contributed by atoms with Gasteiger partial charge in [0, 0.05) is 11.3 Å². The Morgan fingerprint density at radius 1 is 1.08 bits per heavy atom. The number of carbonyl (C=O) groups excluding carboxylic acids is 1. The van der Waals surface area contributed by atoms with Crippen LogP contribution < -0.4 is 5.32 Å². The van der Waals surface area contributed by atoms with Gasteiger partial charge in [-0.1, -0.05) is 55.3 Å². The van der Waals surface area contributed by atoms with Gasteiger partial charge in [0.15, 0.2) is 5.82 Å². The number of H-pyrrole nitrogens is 1. The number of anilines is 1. The van der Waals surface area contributed by atoms with Gasteiger partial charge < -0.3 is 5.32 Å². The maximum absolute atomic E-state index is 13.2. The van der Waals surface area contributed by atoms with Gasteiger partial charge in [0.2, 0.25) is 5.91 Å². The molecule has 1 aliphatic carbocycles. The van der Waals surface area contributed by atoms with E-state index in [-0.39, 0.29) is 5.91 Å². The molecule has 1 aromatic heterocycles. The number of amides is 1. The van der Waals surface area contributed by atoms with Crippen LogP contribution in [0.4, 0.5) is 5.69 Å². The molecule has 1 aliphatic rings. The number of benzene rings is 2. The Hall–Kier alpha value is -2.95. The second-order valence-electron chi connectivity index (χ2n) is 6.93. The van der Waals surface area contributed by atoms with Crippen molar-refractivity contribution in [2.75, 3.05) is 5.32 Å². The van der Waals surface area contributed by atoms with Crippen LogP contribution in [0.5, 0.6) is 0 Å². The maximum Gasteiger partial charge on any atom is 0.235 e. The first-order valence-corrected chi connectivity index (χ1v) is 9.04. The molecular formula is C21H22N4O. The van der Waals surface area contributed by atoms with Crippen molar-refractivity contribution in [3.05, 3.63) is 66.0 Å². The fourth-order valence-corrected chi connectivity index (χ4v) is 3.84. The monoisotopic (exact) mass is 346 g/mol. The number of hydrogen-bond acceptors (Lipinski definition) is 3. The van der Waals surface area contributed by atoms with Crippen LogP contribution in [0.2, 0.25) is 0 Å². The predicted molar refractivity (Wildman–Crippen MR) is 102 cm³/mol. The highest BCUT2D eigenvalue weighted by Gasteiger charge is 2.42. The van der Waals surface area contributed by atoms with Crippen LogP contribution in [0.1, 0.15) is 37.1 Å². The fraction of sp³-hybridized carbons (Fsp3) is 0.286. The molecule has 1 amide bonds. The smallest absolute Gasteiger partial charge is 0.235 e. The van der Waals surface area contributed by atoms with E-state index in [1.54, 1.807) is 0 Å². The summed E-state index contributed by atoms with van der Waals surface area (Å²) in [5.41, 5.74) is 2.33. The largest absolute Gasteiger partial charge is 0.325 e. The van der Waals surface area contributed by atoms with Crippen molar-refractivity contribution in [3.63, 3.8) is 0 Å². The first kappa shape index (κ1) is 16.5. The lowest BCUT2D eigenvalue weighted by Gasteiger charge is -2.28. The summed E-state index contributed by atoms with van der Waals surface area (Å²) in [7, 11) is 0. The quantitative estimate of drug-likeness (QED) is 0.742. The van der Waals surface area contributed by atoms with E-state index in [2.05, 4.69) is 32.6 Å². The molecular weight excluding hydrogens is 324 g/mol. The predicted octanol–water partition coefficient (Wildman–Crippen LogP) is 4.23. The van der Waals surface area contributed by atoms with Gasteiger partial charge >= 0.3 is 0 Å². The summed E-state index contributed by atoms with van der Waals surface area (Å²) in [5, 5.41) is 10.2. The van der Waals surface area contributed by atoms with Crippen molar-refractivity contribution in [1.29, 1.82) is 0 Å².